The summed E-state index contributed by atoms with van der Waals surface area (Å²) in [4.78, 5) is 12.7. The lowest BCUT2D eigenvalue weighted by atomic mass is 9.73. The van der Waals surface area contributed by atoms with Crippen LogP contribution in [0.15, 0.2) is 0 Å². The Hall–Kier alpha value is -0.820. The van der Waals surface area contributed by atoms with Crippen molar-refractivity contribution in [2.24, 2.45) is 11.1 Å². The third kappa shape index (κ3) is 2.65. The number of aliphatic carboxylic acids is 1. The summed E-state index contributed by atoms with van der Waals surface area (Å²) in [6.07, 6.45) is -5.63. The van der Waals surface area contributed by atoms with E-state index < -0.39 is 30.0 Å². The molecule has 1 aliphatic rings. The van der Waals surface area contributed by atoms with Gasteiger partial charge in [0, 0.05) is 12.6 Å². The Bertz CT molecular complexity index is 282. The first-order valence-electron chi connectivity index (χ1n) is 4.92. The maximum absolute atomic E-state index is 12.4. The zero-order chi connectivity index (χ0) is 12.6. The van der Waals surface area contributed by atoms with Crippen LogP contribution in [0.25, 0.3) is 0 Å². The van der Waals surface area contributed by atoms with Gasteiger partial charge in [-0.3, -0.25) is 4.79 Å². The highest BCUT2D eigenvalue weighted by atomic mass is 19.4. The molecule has 1 fully saturated rings. The van der Waals surface area contributed by atoms with Crippen molar-refractivity contribution in [3.63, 3.8) is 0 Å². The predicted octanol–water partition coefficient (Wildman–Crippen LogP) is 0.673. The minimum Gasteiger partial charge on any atom is -0.481 e. The molecule has 3 N–H and O–H groups in total. The lowest BCUT2D eigenvalue weighted by Gasteiger charge is -2.43. The van der Waals surface area contributed by atoms with Crippen molar-refractivity contribution in [2.45, 2.75) is 25.1 Å². The number of nitrogens with two attached hydrogens (primary N) is 1. The summed E-state index contributed by atoms with van der Waals surface area (Å²) in [5.41, 5.74) is 3.67. The second-order valence-corrected chi connectivity index (χ2v) is 4.39. The van der Waals surface area contributed by atoms with Gasteiger partial charge in [-0.1, -0.05) is 0 Å². The number of nitrogens with zero attached hydrogens (tertiary/aromatic N) is 1. The van der Waals surface area contributed by atoms with Crippen molar-refractivity contribution in [2.75, 3.05) is 20.1 Å². The summed E-state index contributed by atoms with van der Waals surface area (Å²) < 4.78 is 37.2. The second kappa shape index (κ2) is 4.21. The second-order valence-electron chi connectivity index (χ2n) is 4.39. The first-order valence-corrected chi connectivity index (χ1v) is 4.92. The van der Waals surface area contributed by atoms with Gasteiger partial charge in [0.25, 0.3) is 0 Å². The van der Waals surface area contributed by atoms with Crippen molar-refractivity contribution >= 4 is 5.97 Å². The Morgan fingerprint density at radius 1 is 1.62 bits per heavy atom. The summed E-state index contributed by atoms with van der Waals surface area (Å²) in [5, 5.41) is 9.03. The van der Waals surface area contributed by atoms with E-state index >= 15 is 0 Å². The molecule has 0 aromatic heterocycles. The number of carboxylic acids is 1. The van der Waals surface area contributed by atoms with Gasteiger partial charge < -0.3 is 15.7 Å². The first kappa shape index (κ1) is 13.2. The number of likely N-dealkylation sites (tertiary alicyclic amines) is 1. The largest absolute Gasteiger partial charge is 0.481 e. The topological polar surface area (TPSA) is 66.6 Å². The van der Waals surface area contributed by atoms with Crippen LogP contribution >= 0.6 is 0 Å². The van der Waals surface area contributed by atoms with Crippen molar-refractivity contribution in [3.8, 4) is 0 Å². The van der Waals surface area contributed by atoms with E-state index in [1.165, 1.54) is 0 Å². The summed E-state index contributed by atoms with van der Waals surface area (Å²) in [7, 11) is 1.60. The van der Waals surface area contributed by atoms with E-state index in [1.54, 1.807) is 11.9 Å². The highest BCUT2D eigenvalue weighted by Crippen LogP contribution is 2.39. The molecule has 16 heavy (non-hydrogen) atoms. The molecule has 0 bridgehead atoms. The zero-order valence-corrected chi connectivity index (χ0v) is 8.92. The van der Waals surface area contributed by atoms with E-state index in [1.807, 2.05) is 0 Å². The zero-order valence-electron chi connectivity index (χ0n) is 8.92. The van der Waals surface area contributed by atoms with Crippen LogP contribution in [0, 0.1) is 5.41 Å². The van der Waals surface area contributed by atoms with E-state index in [2.05, 4.69) is 0 Å². The lowest BCUT2D eigenvalue weighted by Crippen LogP contribution is -2.59. The molecule has 0 aromatic carbocycles. The SMILES string of the molecule is CN1CCC(N)C(CC(F)(F)F)(C(=O)O)C1. The number of hydrogen-bond donors (Lipinski definition) is 2. The molecule has 2 unspecified atom stereocenters. The van der Waals surface area contributed by atoms with Gasteiger partial charge in [0.2, 0.25) is 0 Å². The average molecular weight is 240 g/mol. The molecule has 7 heteroatoms. The van der Waals surface area contributed by atoms with Gasteiger partial charge in [-0.2, -0.15) is 13.2 Å². The van der Waals surface area contributed by atoms with E-state index in [9.17, 15) is 18.0 Å². The number of carboxylic acid groups (broad SMARTS) is 1. The number of piperidine rings is 1. The van der Waals surface area contributed by atoms with E-state index in [4.69, 9.17) is 10.8 Å². The highest BCUT2D eigenvalue weighted by molar-refractivity contribution is 5.76. The third-order valence-electron chi connectivity index (χ3n) is 3.03. The Kier molecular flexibility index (Phi) is 3.49. The van der Waals surface area contributed by atoms with Gasteiger partial charge in [-0.05, 0) is 20.0 Å². The van der Waals surface area contributed by atoms with E-state index in [0.29, 0.717) is 6.54 Å². The summed E-state index contributed by atoms with van der Waals surface area (Å²) in [6.45, 7) is 0.358. The molecular formula is C9H15F3N2O2. The van der Waals surface area contributed by atoms with Crippen LogP contribution in [0.4, 0.5) is 13.2 Å². The van der Waals surface area contributed by atoms with Gasteiger partial charge in [-0.15, -0.1) is 0 Å². The smallest absolute Gasteiger partial charge is 0.390 e. The molecule has 94 valence electrons. The van der Waals surface area contributed by atoms with E-state index in [-0.39, 0.29) is 13.0 Å². The normalized spacial score (nSPS) is 32.7. The molecule has 4 nitrogen and oxygen atoms in total. The van der Waals surface area contributed by atoms with Gasteiger partial charge in [-0.25, -0.2) is 0 Å². The van der Waals surface area contributed by atoms with Crippen LogP contribution in [-0.2, 0) is 4.79 Å². The average Bonchev–Trinajstić information content (AvgIpc) is 2.08. The number of alkyl halides is 3. The third-order valence-corrected chi connectivity index (χ3v) is 3.03. The molecule has 1 rings (SSSR count). The van der Waals surface area contributed by atoms with Gasteiger partial charge in [0.1, 0.15) is 5.41 Å². The molecule has 0 saturated carbocycles. The Morgan fingerprint density at radius 2 is 2.19 bits per heavy atom. The molecular weight excluding hydrogens is 225 g/mol. The van der Waals surface area contributed by atoms with Crippen molar-refractivity contribution in [3.05, 3.63) is 0 Å². The van der Waals surface area contributed by atoms with Crippen molar-refractivity contribution in [1.29, 1.82) is 0 Å². The number of halogens is 3. The minimum absolute atomic E-state index is 0.164. The van der Waals surface area contributed by atoms with Crippen LogP contribution in [0.5, 0.6) is 0 Å². The van der Waals surface area contributed by atoms with Crippen LogP contribution in [0.2, 0.25) is 0 Å². The Morgan fingerprint density at radius 3 is 2.62 bits per heavy atom. The summed E-state index contributed by atoms with van der Waals surface area (Å²) >= 11 is 0. The maximum atomic E-state index is 12.4. The molecule has 0 radical (unpaired) electrons. The molecule has 1 aliphatic heterocycles. The van der Waals surface area contributed by atoms with Gasteiger partial charge >= 0.3 is 12.1 Å². The fourth-order valence-corrected chi connectivity index (χ4v) is 2.16. The Labute approximate surface area is 91.2 Å². The fraction of sp³-hybridized carbons (Fsp3) is 0.889. The highest BCUT2D eigenvalue weighted by Gasteiger charge is 2.53. The molecule has 2 atom stereocenters. The predicted molar refractivity (Wildman–Crippen MR) is 50.8 cm³/mol. The van der Waals surface area contributed by atoms with E-state index in [0.717, 1.165) is 0 Å². The minimum atomic E-state index is -4.52. The Balaban J connectivity index is 2.98. The molecule has 0 aliphatic carbocycles. The summed E-state index contributed by atoms with van der Waals surface area (Å²) in [5.74, 6) is -1.47. The van der Waals surface area contributed by atoms with Crippen LogP contribution in [-0.4, -0.2) is 48.3 Å². The number of carbonyl (C=O) groups is 1. The van der Waals surface area contributed by atoms with Crippen LogP contribution in [0.3, 0.4) is 0 Å². The van der Waals surface area contributed by atoms with Crippen molar-refractivity contribution < 1.29 is 23.1 Å². The summed E-state index contributed by atoms with van der Waals surface area (Å²) in [6, 6.07) is -0.956. The molecule has 1 heterocycles. The standard InChI is InChI=1S/C9H15F3N2O2/c1-14-3-2-6(13)8(5-14,7(15)16)4-9(10,11)12/h6H,2-5,13H2,1H3,(H,15,16). The monoisotopic (exact) mass is 240 g/mol. The fourth-order valence-electron chi connectivity index (χ4n) is 2.16. The molecule has 0 spiro atoms. The van der Waals surface area contributed by atoms with Crippen molar-refractivity contribution in [1.82, 2.24) is 4.90 Å². The lowest BCUT2D eigenvalue weighted by molar-refractivity contribution is -0.187. The molecule has 0 amide bonds. The van der Waals surface area contributed by atoms with Crippen LogP contribution in [0.1, 0.15) is 12.8 Å². The molecule has 1 saturated heterocycles. The first-order chi connectivity index (χ1) is 7.17. The quantitative estimate of drug-likeness (QED) is 0.744. The van der Waals surface area contributed by atoms with Gasteiger partial charge in [0.15, 0.2) is 0 Å². The maximum Gasteiger partial charge on any atom is 0.390 e. The van der Waals surface area contributed by atoms with Gasteiger partial charge in [0.05, 0.1) is 6.42 Å². The number of hydrogen-bond acceptors (Lipinski definition) is 3. The van der Waals surface area contributed by atoms with Crippen LogP contribution < -0.4 is 5.73 Å². The number of rotatable bonds is 2. The molecule has 0 aromatic rings.